The summed E-state index contributed by atoms with van der Waals surface area (Å²) in [5.74, 6) is 0.864. The summed E-state index contributed by atoms with van der Waals surface area (Å²) in [5.41, 5.74) is 2.74. The Labute approximate surface area is 162 Å². The third-order valence-electron chi connectivity index (χ3n) is 5.22. The zero-order valence-electron chi connectivity index (χ0n) is 15.4. The second kappa shape index (κ2) is 6.96. The van der Waals surface area contributed by atoms with Crippen LogP contribution in [-0.2, 0) is 11.3 Å². The van der Waals surface area contributed by atoms with Gasteiger partial charge in [-0.05, 0) is 24.3 Å². The Morgan fingerprint density at radius 2 is 1.96 bits per heavy atom. The Morgan fingerprint density at radius 3 is 2.93 bits per heavy atom. The van der Waals surface area contributed by atoms with Crippen molar-refractivity contribution in [2.45, 2.75) is 19.1 Å². The summed E-state index contributed by atoms with van der Waals surface area (Å²) in [6, 6.07) is 17.7. The molecule has 1 unspecified atom stereocenters. The van der Waals surface area contributed by atoms with E-state index < -0.39 is 0 Å². The molecule has 0 bridgehead atoms. The maximum atomic E-state index is 12.8. The van der Waals surface area contributed by atoms with Gasteiger partial charge >= 0.3 is 0 Å². The van der Waals surface area contributed by atoms with Gasteiger partial charge in [0.2, 0.25) is 5.91 Å². The van der Waals surface area contributed by atoms with Crippen LogP contribution >= 0.6 is 0 Å². The van der Waals surface area contributed by atoms with Gasteiger partial charge in [-0.1, -0.05) is 30.3 Å². The molecule has 0 saturated carbocycles. The van der Waals surface area contributed by atoms with Crippen LogP contribution in [0.4, 0.5) is 0 Å². The molecule has 3 heterocycles. The smallest absolute Gasteiger partial charge is 0.242 e. The van der Waals surface area contributed by atoms with E-state index in [4.69, 9.17) is 4.74 Å². The summed E-state index contributed by atoms with van der Waals surface area (Å²) in [4.78, 5) is 23.4. The van der Waals surface area contributed by atoms with Gasteiger partial charge in [0.15, 0.2) is 0 Å². The first kappa shape index (κ1) is 16.7. The summed E-state index contributed by atoms with van der Waals surface area (Å²) in [6.45, 7) is 1.59. The topological polar surface area (TPSA) is 60.2 Å². The van der Waals surface area contributed by atoms with Gasteiger partial charge in [-0.2, -0.15) is 0 Å². The van der Waals surface area contributed by atoms with Gasteiger partial charge in [0.25, 0.3) is 0 Å². The van der Waals surface area contributed by atoms with E-state index in [1.165, 1.54) is 0 Å². The third-order valence-corrected chi connectivity index (χ3v) is 5.22. The highest BCUT2D eigenvalue weighted by atomic mass is 16.5. The first-order valence-corrected chi connectivity index (χ1v) is 9.46. The second-order valence-corrected chi connectivity index (χ2v) is 7.06. The molecule has 4 aromatic rings. The lowest BCUT2D eigenvalue weighted by Crippen LogP contribution is -2.33. The van der Waals surface area contributed by atoms with Crippen molar-refractivity contribution in [3.05, 3.63) is 67.1 Å². The number of benzene rings is 2. The number of hydrogen-bond acceptors (Lipinski definition) is 4. The van der Waals surface area contributed by atoms with Gasteiger partial charge < -0.3 is 14.2 Å². The molecule has 2 aromatic carbocycles. The number of para-hydroxylation sites is 3. The van der Waals surface area contributed by atoms with Crippen LogP contribution in [0.3, 0.4) is 0 Å². The zero-order valence-corrected chi connectivity index (χ0v) is 15.4. The number of fused-ring (bicyclic) bond motifs is 2. The number of ether oxygens (including phenoxy) is 1. The standard InChI is InChI=1S/C22H20N4O2/c27-21(14-26-15-24-18-7-1-2-8-19(18)26)25-12-10-17(13-25)28-20-9-3-5-16-6-4-11-23-22(16)20/h1-9,11,15,17H,10,12-14H2. The molecule has 1 amide bonds. The van der Waals surface area contributed by atoms with Crippen LogP contribution in [-0.4, -0.2) is 44.5 Å². The molecule has 6 heteroatoms. The molecule has 1 saturated heterocycles. The van der Waals surface area contributed by atoms with Gasteiger partial charge in [0.05, 0.1) is 23.9 Å². The van der Waals surface area contributed by atoms with Crippen LogP contribution in [0.15, 0.2) is 67.1 Å². The number of likely N-dealkylation sites (tertiary alicyclic amines) is 1. The fourth-order valence-electron chi connectivity index (χ4n) is 3.78. The van der Waals surface area contributed by atoms with E-state index in [1.54, 1.807) is 12.5 Å². The number of amides is 1. The molecule has 2 aromatic heterocycles. The number of rotatable bonds is 4. The summed E-state index contributed by atoms with van der Waals surface area (Å²) in [5, 5.41) is 1.05. The highest BCUT2D eigenvalue weighted by Gasteiger charge is 2.28. The fourth-order valence-corrected chi connectivity index (χ4v) is 3.78. The molecule has 1 aliphatic rings. The van der Waals surface area contributed by atoms with Crippen LogP contribution < -0.4 is 4.74 Å². The van der Waals surface area contributed by atoms with E-state index in [9.17, 15) is 4.79 Å². The Balaban J connectivity index is 1.27. The molecule has 1 aliphatic heterocycles. The summed E-state index contributed by atoms with van der Waals surface area (Å²) in [7, 11) is 0. The summed E-state index contributed by atoms with van der Waals surface area (Å²) >= 11 is 0. The van der Waals surface area contributed by atoms with Crippen LogP contribution in [0.25, 0.3) is 21.9 Å². The molecule has 0 spiro atoms. The third kappa shape index (κ3) is 3.07. The minimum atomic E-state index is -0.0175. The maximum absolute atomic E-state index is 12.8. The lowest BCUT2D eigenvalue weighted by molar-refractivity contribution is -0.131. The van der Waals surface area contributed by atoms with Crippen LogP contribution in [0.5, 0.6) is 5.75 Å². The van der Waals surface area contributed by atoms with Gasteiger partial charge in [0, 0.05) is 24.5 Å². The van der Waals surface area contributed by atoms with Crippen molar-refractivity contribution in [3.63, 3.8) is 0 Å². The monoisotopic (exact) mass is 372 g/mol. The Kier molecular flexibility index (Phi) is 4.16. The number of nitrogens with zero attached hydrogens (tertiary/aromatic N) is 4. The molecule has 1 atom stereocenters. The maximum Gasteiger partial charge on any atom is 0.242 e. The van der Waals surface area contributed by atoms with Crippen molar-refractivity contribution in [1.29, 1.82) is 0 Å². The molecular formula is C22H20N4O2. The fraction of sp³-hybridized carbons (Fsp3) is 0.227. The van der Waals surface area contributed by atoms with E-state index in [1.807, 2.05) is 64.1 Å². The number of carbonyl (C=O) groups is 1. The normalized spacial score (nSPS) is 16.7. The van der Waals surface area contributed by atoms with Crippen molar-refractivity contribution in [1.82, 2.24) is 19.4 Å². The van der Waals surface area contributed by atoms with Gasteiger partial charge in [-0.3, -0.25) is 9.78 Å². The minimum Gasteiger partial charge on any atom is -0.486 e. The van der Waals surface area contributed by atoms with E-state index in [0.29, 0.717) is 19.6 Å². The molecule has 1 fully saturated rings. The van der Waals surface area contributed by atoms with Crippen LogP contribution in [0.2, 0.25) is 0 Å². The molecule has 140 valence electrons. The van der Waals surface area contributed by atoms with Gasteiger partial charge in [-0.25, -0.2) is 4.98 Å². The van der Waals surface area contributed by atoms with E-state index in [0.717, 1.165) is 34.1 Å². The molecule has 0 aliphatic carbocycles. The zero-order chi connectivity index (χ0) is 18.9. The molecule has 6 nitrogen and oxygen atoms in total. The van der Waals surface area contributed by atoms with Crippen molar-refractivity contribution in [3.8, 4) is 5.75 Å². The molecule has 0 radical (unpaired) electrons. The molecule has 5 rings (SSSR count). The van der Waals surface area contributed by atoms with E-state index in [2.05, 4.69) is 9.97 Å². The number of carbonyl (C=O) groups excluding carboxylic acids is 1. The average Bonchev–Trinajstić information content (AvgIpc) is 3.36. The van der Waals surface area contributed by atoms with Gasteiger partial charge in [0.1, 0.15) is 23.9 Å². The van der Waals surface area contributed by atoms with Gasteiger partial charge in [-0.15, -0.1) is 0 Å². The van der Waals surface area contributed by atoms with Crippen molar-refractivity contribution in [2.75, 3.05) is 13.1 Å². The van der Waals surface area contributed by atoms with Crippen LogP contribution in [0.1, 0.15) is 6.42 Å². The Morgan fingerprint density at radius 1 is 1.07 bits per heavy atom. The first-order valence-electron chi connectivity index (χ1n) is 9.46. The molecular weight excluding hydrogens is 352 g/mol. The minimum absolute atomic E-state index is 0.0175. The second-order valence-electron chi connectivity index (χ2n) is 7.06. The van der Waals surface area contributed by atoms with Crippen LogP contribution in [0, 0.1) is 0 Å². The van der Waals surface area contributed by atoms with Crippen molar-refractivity contribution >= 4 is 27.8 Å². The number of pyridine rings is 1. The SMILES string of the molecule is O=C(Cn1cnc2ccccc21)N1CCC(Oc2cccc3cccnc23)C1. The highest BCUT2D eigenvalue weighted by molar-refractivity contribution is 5.84. The lowest BCUT2D eigenvalue weighted by Gasteiger charge is -2.18. The van der Waals surface area contributed by atoms with Crippen molar-refractivity contribution in [2.24, 2.45) is 0 Å². The Hall–Kier alpha value is -3.41. The largest absolute Gasteiger partial charge is 0.486 e. The highest BCUT2D eigenvalue weighted by Crippen LogP contribution is 2.26. The van der Waals surface area contributed by atoms with E-state index >= 15 is 0 Å². The quantitative estimate of drug-likeness (QED) is 0.552. The average molecular weight is 372 g/mol. The Bertz CT molecular complexity index is 1150. The lowest BCUT2D eigenvalue weighted by atomic mass is 10.2. The predicted molar refractivity (Wildman–Crippen MR) is 107 cm³/mol. The number of aromatic nitrogens is 3. The molecule has 0 N–H and O–H groups in total. The van der Waals surface area contributed by atoms with E-state index in [-0.39, 0.29) is 12.0 Å². The number of imidazole rings is 1. The molecule has 28 heavy (non-hydrogen) atoms. The summed E-state index contributed by atoms with van der Waals surface area (Å²) < 4.78 is 8.10. The summed E-state index contributed by atoms with van der Waals surface area (Å²) in [6.07, 6.45) is 4.31. The predicted octanol–water partition coefficient (Wildman–Crippen LogP) is 3.26. The van der Waals surface area contributed by atoms with Crippen molar-refractivity contribution < 1.29 is 9.53 Å². The first-order chi connectivity index (χ1) is 13.8. The number of hydrogen-bond donors (Lipinski definition) is 0.